The summed E-state index contributed by atoms with van der Waals surface area (Å²) in [5.74, 6) is -1.54. The van der Waals surface area contributed by atoms with Crippen LogP contribution in [-0.2, 0) is 16.0 Å². The Morgan fingerprint density at radius 3 is 2.50 bits per heavy atom. The quantitative estimate of drug-likeness (QED) is 0.355. The van der Waals surface area contributed by atoms with E-state index in [1.807, 2.05) is 37.3 Å². The molecule has 0 radical (unpaired) electrons. The molecule has 0 saturated heterocycles. The number of amides is 1. The number of aryl methyl sites for hydroxylation is 2. The summed E-state index contributed by atoms with van der Waals surface area (Å²) in [6.45, 7) is 4.01. The summed E-state index contributed by atoms with van der Waals surface area (Å²) in [4.78, 5) is 35.3. The predicted octanol–water partition coefficient (Wildman–Crippen LogP) is 3.01. The second-order valence-corrected chi connectivity index (χ2v) is 7.86. The van der Waals surface area contributed by atoms with Crippen molar-refractivity contribution in [2.45, 2.75) is 33.1 Å². The minimum Gasteiger partial charge on any atom is -0.550 e. The van der Waals surface area contributed by atoms with Gasteiger partial charge < -0.3 is 24.1 Å². The normalized spacial score (nSPS) is 11.2. The number of carbonyl (C=O) groups excluding carboxylic acids is 2. The number of hydrogen-bond donors (Lipinski definition) is 1. The van der Waals surface area contributed by atoms with Gasteiger partial charge in [-0.05, 0) is 43.9 Å². The summed E-state index contributed by atoms with van der Waals surface area (Å²) in [5, 5.41) is 14.7. The Bertz CT molecular complexity index is 1380. The van der Waals surface area contributed by atoms with Gasteiger partial charge in [-0.1, -0.05) is 29.8 Å². The van der Waals surface area contributed by atoms with Gasteiger partial charge >= 0.3 is 5.63 Å². The van der Waals surface area contributed by atoms with Gasteiger partial charge in [0.2, 0.25) is 5.91 Å². The van der Waals surface area contributed by atoms with Crippen LogP contribution in [0, 0.1) is 13.8 Å². The van der Waals surface area contributed by atoms with Gasteiger partial charge in [-0.15, -0.1) is 0 Å². The van der Waals surface area contributed by atoms with Crippen LogP contribution in [0.3, 0.4) is 0 Å². The highest BCUT2D eigenvalue weighted by Crippen LogP contribution is 2.34. The molecule has 0 spiro atoms. The average Bonchev–Trinajstić information content (AvgIpc) is 3.16. The summed E-state index contributed by atoms with van der Waals surface area (Å²) >= 11 is 0. The third-order valence-corrected chi connectivity index (χ3v) is 5.56. The lowest BCUT2D eigenvalue weighted by Gasteiger charge is -2.09. The Balaban J connectivity index is 1.68. The standard InChI is InChI=1S/C25H23NO6/c1-14-5-7-16(8-6-14)20-13-31-21-12-22-17(10-19(20)21)15(2)18(25(30)32-22)11-23(27)26-9-3-4-24(28)29/h5-8,10,12-13H,3-4,9,11H2,1-2H3,(H,26,27)(H,28,29)/p-1. The van der Waals surface area contributed by atoms with Gasteiger partial charge in [-0.25, -0.2) is 4.79 Å². The molecule has 0 aliphatic rings. The van der Waals surface area contributed by atoms with Crippen molar-refractivity contribution < 1.29 is 23.5 Å². The van der Waals surface area contributed by atoms with Gasteiger partial charge in [-0.3, -0.25) is 4.79 Å². The lowest BCUT2D eigenvalue weighted by Crippen LogP contribution is -2.30. The van der Waals surface area contributed by atoms with E-state index in [9.17, 15) is 19.5 Å². The molecule has 0 aliphatic carbocycles. The molecular formula is C25H22NO6-. The molecule has 2 aromatic heterocycles. The molecule has 0 atom stereocenters. The topological polar surface area (TPSA) is 113 Å². The van der Waals surface area contributed by atoms with E-state index < -0.39 is 11.6 Å². The zero-order valence-corrected chi connectivity index (χ0v) is 17.8. The fourth-order valence-electron chi connectivity index (χ4n) is 3.75. The first-order valence-electron chi connectivity index (χ1n) is 10.3. The molecule has 0 aliphatic heterocycles. The van der Waals surface area contributed by atoms with Crippen molar-refractivity contribution in [3.05, 3.63) is 69.8 Å². The number of benzene rings is 2. The highest BCUT2D eigenvalue weighted by atomic mass is 16.4. The van der Waals surface area contributed by atoms with E-state index in [1.54, 1.807) is 19.3 Å². The average molecular weight is 432 g/mol. The molecule has 2 heterocycles. The number of carboxylic acid groups (broad SMARTS) is 1. The van der Waals surface area contributed by atoms with Crippen LogP contribution in [0.15, 0.2) is 56.3 Å². The van der Waals surface area contributed by atoms with Gasteiger partial charge in [0, 0.05) is 34.9 Å². The molecule has 4 rings (SSSR count). The molecule has 0 unspecified atom stereocenters. The Hall–Kier alpha value is -3.87. The molecule has 32 heavy (non-hydrogen) atoms. The van der Waals surface area contributed by atoms with E-state index in [4.69, 9.17) is 8.83 Å². The predicted molar refractivity (Wildman–Crippen MR) is 118 cm³/mol. The summed E-state index contributed by atoms with van der Waals surface area (Å²) in [5.41, 5.74) is 4.46. The maximum absolute atomic E-state index is 12.5. The van der Waals surface area contributed by atoms with E-state index in [0.717, 1.165) is 27.5 Å². The highest BCUT2D eigenvalue weighted by molar-refractivity contribution is 6.02. The van der Waals surface area contributed by atoms with Crippen molar-refractivity contribution in [2.75, 3.05) is 6.54 Å². The number of carbonyl (C=O) groups is 2. The molecule has 0 fully saturated rings. The number of furan rings is 1. The SMILES string of the molecule is Cc1ccc(-c2coc3cc4oc(=O)c(CC(=O)NCCCC(=O)[O-])c(C)c4cc23)cc1. The molecule has 7 heteroatoms. The first kappa shape index (κ1) is 21.4. The van der Waals surface area contributed by atoms with Gasteiger partial charge in [0.25, 0.3) is 0 Å². The van der Waals surface area contributed by atoms with Crippen molar-refractivity contribution >= 4 is 33.8 Å². The van der Waals surface area contributed by atoms with E-state index in [-0.39, 0.29) is 37.3 Å². The second kappa shape index (κ2) is 8.70. The van der Waals surface area contributed by atoms with Gasteiger partial charge in [-0.2, -0.15) is 0 Å². The Kier molecular flexibility index (Phi) is 5.81. The van der Waals surface area contributed by atoms with Gasteiger partial charge in [0.15, 0.2) is 0 Å². The Labute approximate surface area is 183 Å². The molecule has 1 amide bonds. The first-order valence-corrected chi connectivity index (χ1v) is 10.3. The van der Waals surface area contributed by atoms with Crippen LogP contribution >= 0.6 is 0 Å². The van der Waals surface area contributed by atoms with Crippen molar-refractivity contribution in [3.8, 4) is 11.1 Å². The summed E-state index contributed by atoms with van der Waals surface area (Å²) in [7, 11) is 0. The van der Waals surface area contributed by atoms with E-state index in [0.29, 0.717) is 16.7 Å². The molecule has 2 aromatic carbocycles. The summed E-state index contributed by atoms with van der Waals surface area (Å²) in [6.07, 6.45) is 1.66. The first-order chi connectivity index (χ1) is 15.3. The van der Waals surface area contributed by atoms with E-state index in [1.165, 1.54) is 0 Å². The minimum absolute atomic E-state index is 0.137. The Morgan fingerprint density at radius 1 is 1.03 bits per heavy atom. The number of carboxylic acids is 1. The largest absolute Gasteiger partial charge is 0.550 e. The van der Waals surface area contributed by atoms with Crippen LogP contribution in [0.1, 0.15) is 29.5 Å². The fourth-order valence-corrected chi connectivity index (χ4v) is 3.75. The van der Waals surface area contributed by atoms with Crippen LogP contribution in [-0.4, -0.2) is 18.4 Å². The zero-order chi connectivity index (χ0) is 22.8. The fraction of sp³-hybridized carbons (Fsp3) is 0.240. The molecule has 0 bridgehead atoms. The lowest BCUT2D eigenvalue weighted by atomic mass is 9.99. The smallest absolute Gasteiger partial charge is 0.340 e. The van der Waals surface area contributed by atoms with Crippen molar-refractivity contribution in [1.82, 2.24) is 5.32 Å². The van der Waals surface area contributed by atoms with Crippen LogP contribution in [0.25, 0.3) is 33.1 Å². The lowest BCUT2D eigenvalue weighted by molar-refractivity contribution is -0.305. The maximum Gasteiger partial charge on any atom is 0.340 e. The molecule has 7 nitrogen and oxygen atoms in total. The number of aliphatic carboxylic acids is 1. The molecule has 4 aromatic rings. The van der Waals surface area contributed by atoms with Gasteiger partial charge in [0.1, 0.15) is 11.2 Å². The van der Waals surface area contributed by atoms with Crippen molar-refractivity contribution in [2.24, 2.45) is 0 Å². The van der Waals surface area contributed by atoms with Gasteiger partial charge in [0.05, 0.1) is 18.2 Å². The Morgan fingerprint density at radius 2 is 1.78 bits per heavy atom. The third-order valence-electron chi connectivity index (χ3n) is 5.56. The molecular weight excluding hydrogens is 410 g/mol. The van der Waals surface area contributed by atoms with Crippen molar-refractivity contribution in [3.63, 3.8) is 0 Å². The maximum atomic E-state index is 12.5. The van der Waals surface area contributed by atoms with E-state index in [2.05, 4.69) is 5.32 Å². The number of fused-ring (bicyclic) bond motifs is 2. The second-order valence-electron chi connectivity index (χ2n) is 7.86. The molecule has 1 N–H and O–H groups in total. The molecule has 0 saturated carbocycles. The van der Waals surface area contributed by atoms with E-state index >= 15 is 0 Å². The summed E-state index contributed by atoms with van der Waals surface area (Å²) in [6, 6.07) is 11.7. The number of nitrogens with one attached hydrogen (secondary N) is 1. The van der Waals surface area contributed by atoms with Crippen LogP contribution in [0.5, 0.6) is 0 Å². The number of rotatable bonds is 7. The third kappa shape index (κ3) is 4.27. The highest BCUT2D eigenvalue weighted by Gasteiger charge is 2.17. The minimum atomic E-state index is -1.17. The van der Waals surface area contributed by atoms with Crippen LogP contribution < -0.4 is 16.0 Å². The van der Waals surface area contributed by atoms with Crippen LogP contribution in [0.4, 0.5) is 0 Å². The molecule has 164 valence electrons. The monoisotopic (exact) mass is 432 g/mol. The zero-order valence-electron chi connectivity index (χ0n) is 17.8. The van der Waals surface area contributed by atoms with Crippen molar-refractivity contribution in [1.29, 1.82) is 0 Å². The summed E-state index contributed by atoms with van der Waals surface area (Å²) < 4.78 is 11.2. The number of hydrogen-bond acceptors (Lipinski definition) is 6. The van der Waals surface area contributed by atoms with Crippen LogP contribution in [0.2, 0.25) is 0 Å².